The number of phenols is 1. The van der Waals surface area contributed by atoms with Crippen LogP contribution in [0.1, 0.15) is 31.9 Å². The summed E-state index contributed by atoms with van der Waals surface area (Å²) in [6, 6.07) is 5.43. The van der Waals surface area contributed by atoms with Crippen molar-refractivity contribution in [1.29, 1.82) is 0 Å². The largest absolute Gasteiger partial charge is 0.504 e. The lowest BCUT2D eigenvalue weighted by Gasteiger charge is -2.35. The molecule has 0 bridgehead atoms. The number of hydrogen-bond donors (Lipinski definition) is 2. The fraction of sp³-hybridized carbons (Fsp3) is 0.471. The van der Waals surface area contributed by atoms with Crippen molar-refractivity contribution in [3.05, 3.63) is 35.9 Å². The molecule has 1 aromatic rings. The van der Waals surface area contributed by atoms with E-state index in [2.05, 4.69) is 16.8 Å². The Balaban J connectivity index is 2.24. The Morgan fingerprint density at radius 1 is 1.41 bits per heavy atom. The van der Waals surface area contributed by atoms with Gasteiger partial charge in [-0.1, -0.05) is 11.6 Å². The van der Waals surface area contributed by atoms with Gasteiger partial charge >= 0.3 is 5.97 Å². The summed E-state index contributed by atoms with van der Waals surface area (Å²) in [5.41, 5.74) is 2.12. The first-order chi connectivity index (χ1) is 10.5. The molecule has 1 aliphatic heterocycles. The smallest absolute Gasteiger partial charge is 0.308 e. The molecule has 0 aromatic heterocycles. The van der Waals surface area contributed by atoms with Crippen LogP contribution in [-0.4, -0.2) is 42.2 Å². The van der Waals surface area contributed by atoms with E-state index in [1.165, 1.54) is 6.92 Å². The average Bonchev–Trinajstić information content (AvgIpc) is 2.47. The van der Waals surface area contributed by atoms with Crippen molar-refractivity contribution in [2.75, 3.05) is 26.2 Å². The molecular formula is C17H24N2O3. The first-order valence-corrected chi connectivity index (χ1v) is 7.58. The molecule has 1 fully saturated rings. The maximum atomic E-state index is 11.0. The number of nitrogens with zero attached hydrogens (tertiary/aromatic N) is 1. The first kappa shape index (κ1) is 16.5. The van der Waals surface area contributed by atoms with Gasteiger partial charge in [0.2, 0.25) is 0 Å². The van der Waals surface area contributed by atoms with Gasteiger partial charge in [0.25, 0.3) is 0 Å². The summed E-state index contributed by atoms with van der Waals surface area (Å²) in [5.74, 6) is -0.246. The highest BCUT2D eigenvalue weighted by Crippen LogP contribution is 2.34. The fourth-order valence-corrected chi connectivity index (χ4v) is 2.76. The van der Waals surface area contributed by atoms with Crippen LogP contribution in [0.25, 0.3) is 0 Å². The second-order valence-electron chi connectivity index (χ2n) is 5.78. The lowest BCUT2D eigenvalue weighted by Crippen LogP contribution is -2.45. The summed E-state index contributed by atoms with van der Waals surface area (Å²) in [7, 11) is 0. The number of carbonyl (C=O) groups is 1. The molecule has 0 radical (unpaired) electrons. The van der Waals surface area contributed by atoms with Crippen LogP contribution >= 0.6 is 0 Å². The number of phenolic OH excluding ortho intramolecular Hbond substituents is 1. The molecule has 1 aromatic carbocycles. The van der Waals surface area contributed by atoms with Crippen LogP contribution in [0, 0.1) is 0 Å². The third-order valence-corrected chi connectivity index (χ3v) is 3.76. The topological polar surface area (TPSA) is 61.8 Å². The van der Waals surface area contributed by atoms with E-state index in [4.69, 9.17) is 4.74 Å². The highest BCUT2D eigenvalue weighted by atomic mass is 16.5. The van der Waals surface area contributed by atoms with E-state index in [-0.39, 0.29) is 17.5 Å². The second kappa shape index (κ2) is 7.42. The molecule has 0 spiro atoms. The van der Waals surface area contributed by atoms with Crippen LogP contribution in [0.5, 0.6) is 11.5 Å². The highest BCUT2D eigenvalue weighted by Gasteiger charge is 2.23. The van der Waals surface area contributed by atoms with Gasteiger partial charge in [-0.3, -0.25) is 9.69 Å². The number of esters is 1. The summed E-state index contributed by atoms with van der Waals surface area (Å²) in [5, 5.41) is 13.4. The first-order valence-electron chi connectivity index (χ1n) is 7.58. The van der Waals surface area contributed by atoms with E-state index in [9.17, 15) is 9.90 Å². The van der Waals surface area contributed by atoms with Crippen LogP contribution in [-0.2, 0) is 4.79 Å². The SMILES string of the molecule is C=C(C)C[C@@H](c1ccc(OC(C)=O)c(O)c1)N1CCNCC1. The van der Waals surface area contributed by atoms with Crippen LogP contribution in [0.4, 0.5) is 0 Å². The minimum absolute atomic E-state index is 0.00505. The molecule has 0 saturated carbocycles. The van der Waals surface area contributed by atoms with Gasteiger partial charge in [-0.25, -0.2) is 0 Å². The van der Waals surface area contributed by atoms with Crippen LogP contribution in [0.3, 0.4) is 0 Å². The van der Waals surface area contributed by atoms with Crippen molar-refractivity contribution in [2.45, 2.75) is 26.3 Å². The summed E-state index contributed by atoms with van der Waals surface area (Å²) in [4.78, 5) is 13.4. The molecule has 2 rings (SSSR count). The molecule has 0 aliphatic carbocycles. The predicted molar refractivity (Wildman–Crippen MR) is 86.0 cm³/mol. The van der Waals surface area contributed by atoms with Crippen molar-refractivity contribution in [2.24, 2.45) is 0 Å². The molecular weight excluding hydrogens is 280 g/mol. The minimum atomic E-state index is -0.441. The summed E-state index contributed by atoms with van der Waals surface area (Å²) >= 11 is 0. The molecule has 120 valence electrons. The van der Waals surface area contributed by atoms with Gasteiger partial charge in [0.1, 0.15) is 0 Å². The third-order valence-electron chi connectivity index (χ3n) is 3.76. The van der Waals surface area contributed by atoms with Gasteiger partial charge in [0, 0.05) is 39.1 Å². The number of carbonyl (C=O) groups excluding carboxylic acids is 1. The maximum Gasteiger partial charge on any atom is 0.308 e. The summed E-state index contributed by atoms with van der Waals surface area (Å²) in [6.45, 7) is 11.2. The van der Waals surface area contributed by atoms with Crippen LogP contribution < -0.4 is 10.1 Å². The molecule has 0 amide bonds. The molecule has 0 unspecified atom stereocenters. The Morgan fingerprint density at radius 3 is 2.64 bits per heavy atom. The summed E-state index contributed by atoms with van der Waals surface area (Å²) < 4.78 is 4.98. The van der Waals surface area contributed by atoms with Crippen molar-refractivity contribution in [3.8, 4) is 11.5 Å². The van der Waals surface area contributed by atoms with Gasteiger partial charge in [0.15, 0.2) is 11.5 Å². The molecule has 1 aliphatic rings. The zero-order valence-corrected chi connectivity index (χ0v) is 13.3. The van der Waals surface area contributed by atoms with E-state index < -0.39 is 5.97 Å². The number of hydrogen-bond acceptors (Lipinski definition) is 5. The van der Waals surface area contributed by atoms with Gasteiger partial charge in [-0.05, 0) is 31.0 Å². The Hall–Kier alpha value is -1.85. The predicted octanol–water partition coefficient (Wildman–Crippen LogP) is 2.23. The van der Waals surface area contributed by atoms with E-state index >= 15 is 0 Å². The zero-order valence-electron chi connectivity index (χ0n) is 13.3. The Bertz CT molecular complexity index is 551. The maximum absolute atomic E-state index is 11.0. The molecule has 1 heterocycles. The van der Waals surface area contributed by atoms with Gasteiger partial charge in [-0.15, -0.1) is 6.58 Å². The number of benzene rings is 1. The number of aromatic hydroxyl groups is 1. The fourth-order valence-electron chi connectivity index (χ4n) is 2.76. The van der Waals surface area contributed by atoms with Crippen molar-refractivity contribution >= 4 is 5.97 Å². The third kappa shape index (κ3) is 4.32. The Labute approximate surface area is 131 Å². The molecule has 2 N–H and O–H groups in total. The second-order valence-corrected chi connectivity index (χ2v) is 5.78. The number of nitrogens with one attached hydrogen (secondary N) is 1. The van der Waals surface area contributed by atoms with E-state index in [1.807, 2.05) is 13.0 Å². The zero-order chi connectivity index (χ0) is 16.1. The van der Waals surface area contributed by atoms with Crippen LogP contribution in [0.15, 0.2) is 30.4 Å². The van der Waals surface area contributed by atoms with E-state index in [0.29, 0.717) is 0 Å². The monoisotopic (exact) mass is 304 g/mol. The Morgan fingerprint density at radius 2 is 2.09 bits per heavy atom. The molecule has 1 saturated heterocycles. The molecule has 5 nitrogen and oxygen atoms in total. The lowest BCUT2D eigenvalue weighted by molar-refractivity contribution is -0.132. The number of ether oxygens (including phenoxy) is 1. The number of piperazine rings is 1. The quantitative estimate of drug-likeness (QED) is 0.496. The van der Waals surface area contributed by atoms with E-state index in [0.717, 1.165) is 43.7 Å². The standard InChI is InChI=1S/C17H24N2O3/c1-12(2)10-15(19-8-6-18-7-9-19)14-4-5-17(16(21)11-14)22-13(3)20/h4-5,11,15,18,21H,1,6-10H2,2-3H3/t15-/m0/s1. The van der Waals surface area contributed by atoms with Gasteiger partial charge in [0.05, 0.1) is 0 Å². The number of rotatable bonds is 5. The average molecular weight is 304 g/mol. The van der Waals surface area contributed by atoms with Gasteiger partial charge in [-0.2, -0.15) is 0 Å². The lowest BCUT2D eigenvalue weighted by atomic mass is 9.97. The molecule has 22 heavy (non-hydrogen) atoms. The minimum Gasteiger partial charge on any atom is -0.504 e. The van der Waals surface area contributed by atoms with Crippen molar-refractivity contribution in [3.63, 3.8) is 0 Å². The van der Waals surface area contributed by atoms with E-state index in [1.54, 1.807) is 12.1 Å². The van der Waals surface area contributed by atoms with Gasteiger partial charge < -0.3 is 15.2 Å². The normalized spacial score (nSPS) is 17.0. The summed E-state index contributed by atoms with van der Waals surface area (Å²) in [6.07, 6.45) is 0.840. The Kier molecular flexibility index (Phi) is 5.57. The van der Waals surface area contributed by atoms with Crippen molar-refractivity contribution < 1.29 is 14.6 Å². The molecule has 1 atom stereocenters. The highest BCUT2D eigenvalue weighted by molar-refractivity contribution is 5.70. The van der Waals surface area contributed by atoms with Crippen molar-refractivity contribution in [1.82, 2.24) is 10.2 Å². The van der Waals surface area contributed by atoms with Crippen LogP contribution in [0.2, 0.25) is 0 Å². The molecule has 5 heteroatoms.